The maximum Gasteiger partial charge on any atom is 0.185 e. The highest BCUT2D eigenvalue weighted by Gasteiger charge is 2.27. The Balaban J connectivity index is 2.12. The van der Waals surface area contributed by atoms with E-state index in [9.17, 15) is 0 Å². The van der Waals surface area contributed by atoms with Crippen LogP contribution < -0.4 is 10.2 Å². The summed E-state index contributed by atoms with van der Waals surface area (Å²) in [6.45, 7) is 16.9. The molecule has 1 unspecified atom stereocenters. The average Bonchev–Trinajstić information content (AvgIpc) is 3.02. The Labute approximate surface area is 134 Å². The molecule has 1 fully saturated rings. The smallest absolute Gasteiger partial charge is 0.185 e. The molecule has 120 valence electrons. The Morgan fingerprint density at radius 2 is 1.95 bits per heavy atom. The molecule has 4 heteroatoms. The first-order valence-electron chi connectivity index (χ1n) is 8.36. The first-order valence-corrected chi connectivity index (χ1v) is 9.18. The minimum atomic E-state index is 0.502. The molecular formula is C17H31N3S. The molecule has 1 aliphatic heterocycles. The Morgan fingerprint density at radius 3 is 2.48 bits per heavy atom. The second-order valence-corrected chi connectivity index (χ2v) is 8.30. The van der Waals surface area contributed by atoms with E-state index in [1.54, 1.807) is 0 Å². The fourth-order valence-corrected chi connectivity index (χ4v) is 4.07. The summed E-state index contributed by atoms with van der Waals surface area (Å²) < 4.78 is 0. The van der Waals surface area contributed by atoms with Crippen LogP contribution in [-0.4, -0.2) is 24.1 Å². The molecule has 2 heterocycles. The van der Waals surface area contributed by atoms with Crippen molar-refractivity contribution in [1.82, 2.24) is 10.3 Å². The maximum atomic E-state index is 4.97. The molecule has 1 saturated heterocycles. The molecule has 1 aliphatic rings. The van der Waals surface area contributed by atoms with E-state index in [4.69, 9.17) is 4.98 Å². The van der Waals surface area contributed by atoms with Crippen LogP contribution in [0.1, 0.15) is 64.5 Å². The molecule has 1 atom stereocenters. The van der Waals surface area contributed by atoms with Crippen LogP contribution in [0, 0.1) is 11.8 Å². The molecule has 1 aromatic rings. The third-order valence-corrected chi connectivity index (χ3v) is 5.50. The van der Waals surface area contributed by atoms with Crippen molar-refractivity contribution in [1.29, 1.82) is 0 Å². The quantitative estimate of drug-likeness (QED) is 0.851. The summed E-state index contributed by atoms with van der Waals surface area (Å²) in [6.07, 6.45) is 1.31. The van der Waals surface area contributed by atoms with Gasteiger partial charge in [-0.15, -0.1) is 11.3 Å². The number of thiazole rings is 1. The SMILES string of the molecule is CC(C)NCc1sc(N2CCC(C(C)C)C2)nc1C(C)C. The Hall–Kier alpha value is -0.610. The maximum absolute atomic E-state index is 4.97. The third-order valence-electron chi connectivity index (χ3n) is 4.37. The van der Waals surface area contributed by atoms with Gasteiger partial charge in [-0.25, -0.2) is 4.98 Å². The third kappa shape index (κ3) is 4.19. The number of hydrogen-bond donors (Lipinski definition) is 1. The fourth-order valence-electron chi connectivity index (χ4n) is 2.87. The predicted molar refractivity (Wildman–Crippen MR) is 93.3 cm³/mol. The van der Waals surface area contributed by atoms with Crippen LogP contribution in [0.4, 0.5) is 5.13 Å². The molecule has 2 rings (SSSR count). The lowest BCUT2D eigenvalue weighted by atomic mass is 9.95. The number of nitrogens with one attached hydrogen (secondary N) is 1. The van der Waals surface area contributed by atoms with Gasteiger partial charge in [0.1, 0.15) is 0 Å². The predicted octanol–water partition coefficient (Wildman–Crippen LogP) is 4.25. The van der Waals surface area contributed by atoms with E-state index in [-0.39, 0.29) is 0 Å². The molecule has 0 spiro atoms. The van der Waals surface area contributed by atoms with Gasteiger partial charge in [-0.1, -0.05) is 41.5 Å². The van der Waals surface area contributed by atoms with Crippen LogP contribution in [0.15, 0.2) is 0 Å². The van der Waals surface area contributed by atoms with Gasteiger partial charge in [0.15, 0.2) is 5.13 Å². The molecule has 1 N–H and O–H groups in total. The van der Waals surface area contributed by atoms with Gasteiger partial charge in [0.25, 0.3) is 0 Å². The van der Waals surface area contributed by atoms with Crippen molar-refractivity contribution in [2.24, 2.45) is 11.8 Å². The van der Waals surface area contributed by atoms with Gasteiger partial charge in [-0.2, -0.15) is 0 Å². The summed E-state index contributed by atoms with van der Waals surface area (Å²) in [5.74, 6) is 2.11. The summed E-state index contributed by atoms with van der Waals surface area (Å²) in [5, 5.41) is 4.78. The second kappa shape index (κ2) is 7.10. The lowest BCUT2D eigenvalue weighted by Crippen LogP contribution is -2.22. The summed E-state index contributed by atoms with van der Waals surface area (Å²) in [6, 6.07) is 0.521. The molecule has 1 aromatic heterocycles. The minimum Gasteiger partial charge on any atom is -0.348 e. The van der Waals surface area contributed by atoms with Gasteiger partial charge in [0.05, 0.1) is 5.69 Å². The van der Waals surface area contributed by atoms with E-state index in [0.717, 1.165) is 18.4 Å². The minimum absolute atomic E-state index is 0.502. The zero-order valence-electron chi connectivity index (χ0n) is 14.4. The summed E-state index contributed by atoms with van der Waals surface area (Å²) in [4.78, 5) is 8.89. The lowest BCUT2D eigenvalue weighted by Gasteiger charge is -2.16. The monoisotopic (exact) mass is 309 g/mol. The lowest BCUT2D eigenvalue weighted by molar-refractivity contribution is 0.422. The summed E-state index contributed by atoms with van der Waals surface area (Å²) >= 11 is 1.89. The van der Waals surface area contributed by atoms with Crippen molar-refractivity contribution in [3.8, 4) is 0 Å². The van der Waals surface area contributed by atoms with Crippen LogP contribution in [0.5, 0.6) is 0 Å². The van der Waals surface area contributed by atoms with Crippen LogP contribution >= 0.6 is 11.3 Å². The van der Waals surface area contributed by atoms with Crippen LogP contribution in [0.25, 0.3) is 0 Å². The van der Waals surface area contributed by atoms with Gasteiger partial charge in [0, 0.05) is 30.6 Å². The summed E-state index contributed by atoms with van der Waals surface area (Å²) in [7, 11) is 0. The topological polar surface area (TPSA) is 28.2 Å². The van der Waals surface area contributed by atoms with Gasteiger partial charge in [-0.05, 0) is 24.2 Å². The van der Waals surface area contributed by atoms with E-state index in [1.165, 1.54) is 35.2 Å². The Morgan fingerprint density at radius 1 is 1.24 bits per heavy atom. The number of nitrogens with zero attached hydrogens (tertiary/aromatic N) is 2. The van der Waals surface area contributed by atoms with Crippen LogP contribution in [0.2, 0.25) is 0 Å². The summed E-state index contributed by atoms with van der Waals surface area (Å²) in [5.41, 5.74) is 1.29. The van der Waals surface area contributed by atoms with Crippen molar-refractivity contribution in [2.75, 3.05) is 18.0 Å². The molecule has 0 radical (unpaired) electrons. The van der Waals surface area contributed by atoms with Crippen LogP contribution in [0.3, 0.4) is 0 Å². The molecule has 0 bridgehead atoms. The number of anilines is 1. The van der Waals surface area contributed by atoms with Crippen molar-refractivity contribution in [2.45, 2.75) is 66.5 Å². The molecule has 0 amide bonds. The number of hydrogen-bond acceptors (Lipinski definition) is 4. The normalized spacial score (nSPS) is 19.5. The molecule has 0 aliphatic carbocycles. The standard InChI is InChI=1S/C17H31N3S/c1-11(2)14-7-8-20(10-14)17-19-16(12(3)4)15(21-17)9-18-13(5)6/h11-14,18H,7-10H2,1-6H3. The molecule has 0 saturated carbocycles. The van der Waals surface area contributed by atoms with Gasteiger partial charge in [0.2, 0.25) is 0 Å². The van der Waals surface area contributed by atoms with Crippen molar-refractivity contribution >= 4 is 16.5 Å². The highest BCUT2D eigenvalue weighted by Crippen LogP contribution is 2.35. The molecular weight excluding hydrogens is 278 g/mol. The second-order valence-electron chi connectivity index (χ2n) is 7.23. The van der Waals surface area contributed by atoms with Gasteiger partial charge < -0.3 is 10.2 Å². The Kier molecular flexibility index (Phi) is 5.67. The van der Waals surface area contributed by atoms with Crippen molar-refractivity contribution in [3.63, 3.8) is 0 Å². The highest BCUT2D eigenvalue weighted by molar-refractivity contribution is 7.15. The average molecular weight is 310 g/mol. The van der Waals surface area contributed by atoms with Gasteiger partial charge >= 0.3 is 0 Å². The van der Waals surface area contributed by atoms with E-state index >= 15 is 0 Å². The zero-order valence-corrected chi connectivity index (χ0v) is 15.3. The number of aromatic nitrogens is 1. The Bertz CT molecular complexity index is 451. The van der Waals surface area contributed by atoms with E-state index < -0.39 is 0 Å². The first kappa shape index (κ1) is 16.8. The molecule has 0 aromatic carbocycles. The fraction of sp³-hybridized carbons (Fsp3) is 0.824. The van der Waals surface area contributed by atoms with Gasteiger partial charge in [-0.3, -0.25) is 0 Å². The van der Waals surface area contributed by atoms with Crippen molar-refractivity contribution < 1.29 is 0 Å². The van der Waals surface area contributed by atoms with E-state index in [1.807, 2.05) is 11.3 Å². The van der Waals surface area contributed by atoms with Crippen LogP contribution in [-0.2, 0) is 6.54 Å². The van der Waals surface area contributed by atoms with E-state index in [0.29, 0.717) is 12.0 Å². The zero-order chi connectivity index (χ0) is 15.6. The molecule has 21 heavy (non-hydrogen) atoms. The van der Waals surface area contributed by atoms with Crippen molar-refractivity contribution in [3.05, 3.63) is 10.6 Å². The largest absolute Gasteiger partial charge is 0.348 e. The first-order chi connectivity index (χ1) is 9.88. The highest BCUT2D eigenvalue weighted by atomic mass is 32.1. The molecule has 3 nitrogen and oxygen atoms in total. The van der Waals surface area contributed by atoms with E-state index in [2.05, 4.69) is 51.8 Å². The number of rotatable bonds is 6.